The van der Waals surface area contributed by atoms with Crippen molar-refractivity contribution in [3.05, 3.63) is 50.6 Å². The van der Waals surface area contributed by atoms with Gasteiger partial charge in [-0.2, -0.15) is 0 Å². The summed E-state index contributed by atoms with van der Waals surface area (Å²) in [5, 5.41) is 3.87. The highest BCUT2D eigenvalue weighted by Gasteiger charge is 2.14. The molecule has 110 valence electrons. The van der Waals surface area contributed by atoms with Gasteiger partial charge < -0.3 is 15.8 Å². The molecule has 0 spiro atoms. The molecule has 3 N–H and O–H groups in total. The van der Waals surface area contributed by atoms with E-state index in [0.29, 0.717) is 28.6 Å². The Morgan fingerprint density at radius 3 is 2.76 bits per heavy atom. The largest absolute Gasteiger partial charge is 0.462 e. The van der Waals surface area contributed by atoms with Crippen LogP contribution in [-0.2, 0) is 4.74 Å². The van der Waals surface area contributed by atoms with Gasteiger partial charge in [0.1, 0.15) is 0 Å². The number of benzene rings is 2. The van der Waals surface area contributed by atoms with E-state index in [1.165, 1.54) is 0 Å². The second-order valence-electron chi connectivity index (χ2n) is 4.24. The van der Waals surface area contributed by atoms with E-state index in [-0.39, 0.29) is 0 Å². The molecule has 0 aromatic heterocycles. The fraction of sp³-hybridized carbons (Fsp3) is 0.133. The molecule has 0 unspecified atom stereocenters. The van der Waals surface area contributed by atoms with Crippen molar-refractivity contribution in [1.29, 1.82) is 0 Å². The Kier molecular flexibility index (Phi) is 5.30. The lowest BCUT2D eigenvalue weighted by atomic mass is 10.1. The standard InChI is InChI=1S/C15H14ClIN2O2/c1-2-21-15(20)10-4-3-5-13(14(10)18)19-12-7-6-9(16)8-11(12)17/h3-8,19H,2,18H2,1H3. The highest BCUT2D eigenvalue weighted by molar-refractivity contribution is 14.1. The number of hydrogen-bond acceptors (Lipinski definition) is 4. The van der Waals surface area contributed by atoms with Crippen LogP contribution in [0.25, 0.3) is 0 Å². The topological polar surface area (TPSA) is 64.3 Å². The van der Waals surface area contributed by atoms with Crippen LogP contribution < -0.4 is 11.1 Å². The summed E-state index contributed by atoms with van der Waals surface area (Å²) < 4.78 is 5.95. The van der Waals surface area contributed by atoms with Gasteiger partial charge in [-0.25, -0.2) is 4.79 Å². The first-order valence-electron chi connectivity index (χ1n) is 6.30. The van der Waals surface area contributed by atoms with Gasteiger partial charge in [-0.15, -0.1) is 0 Å². The maximum absolute atomic E-state index is 11.8. The number of nitrogens with two attached hydrogens (primary N) is 1. The molecule has 0 aliphatic rings. The van der Waals surface area contributed by atoms with E-state index in [4.69, 9.17) is 22.1 Å². The number of halogens is 2. The summed E-state index contributed by atoms with van der Waals surface area (Å²) in [6.45, 7) is 2.07. The molecule has 6 heteroatoms. The van der Waals surface area contributed by atoms with Crippen LogP contribution in [0.4, 0.5) is 17.1 Å². The number of esters is 1. The van der Waals surface area contributed by atoms with Crippen LogP contribution in [-0.4, -0.2) is 12.6 Å². The summed E-state index contributed by atoms with van der Waals surface area (Å²) in [5.74, 6) is -0.426. The van der Waals surface area contributed by atoms with Gasteiger partial charge in [-0.1, -0.05) is 17.7 Å². The molecule has 0 saturated carbocycles. The van der Waals surface area contributed by atoms with E-state index in [1.807, 2.05) is 18.2 Å². The monoisotopic (exact) mass is 416 g/mol. The predicted octanol–water partition coefficient (Wildman–Crippen LogP) is 4.45. The molecule has 0 aliphatic carbocycles. The van der Waals surface area contributed by atoms with Crippen LogP contribution >= 0.6 is 34.2 Å². The number of nitrogen functional groups attached to an aromatic ring is 1. The number of hydrogen-bond donors (Lipinski definition) is 2. The van der Waals surface area contributed by atoms with Gasteiger partial charge in [0, 0.05) is 8.59 Å². The number of carbonyl (C=O) groups is 1. The Hall–Kier alpha value is -1.47. The van der Waals surface area contributed by atoms with Gasteiger partial charge in [0.05, 0.1) is 29.2 Å². The van der Waals surface area contributed by atoms with E-state index in [2.05, 4.69) is 27.9 Å². The van der Waals surface area contributed by atoms with Crippen molar-refractivity contribution in [3.63, 3.8) is 0 Å². The number of anilines is 3. The first-order valence-corrected chi connectivity index (χ1v) is 7.76. The lowest BCUT2D eigenvalue weighted by Gasteiger charge is -2.13. The Morgan fingerprint density at radius 1 is 1.33 bits per heavy atom. The minimum atomic E-state index is -0.426. The molecule has 0 radical (unpaired) electrons. The Morgan fingerprint density at radius 2 is 2.10 bits per heavy atom. The Balaban J connectivity index is 2.32. The average molecular weight is 417 g/mol. The van der Waals surface area contributed by atoms with Gasteiger partial charge in [0.25, 0.3) is 0 Å². The Bertz CT molecular complexity index is 677. The second kappa shape index (κ2) is 7.00. The predicted molar refractivity (Wildman–Crippen MR) is 94.3 cm³/mol. The third-order valence-corrected chi connectivity index (χ3v) is 3.93. The first kappa shape index (κ1) is 15.9. The number of para-hydroxylation sites is 1. The van der Waals surface area contributed by atoms with Crippen molar-refractivity contribution in [3.8, 4) is 0 Å². The molecule has 2 aromatic rings. The van der Waals surface area contributed by atoms with Crippen LogP contribution in [0.2, 0.25) is 5.02 Å². The van der Waals surface area contributed by atoms with Crippen LogP contribution in [0, 0.1) is 3.57 Å². The van der Waals surface area contributed by atoms with E-state index in [1.54, 1.807) is 25.1 Å². The zero-order chi connectivity index (χ0) is 15.4. The quantitative estimate of drug-likeness (QED) is 0.439. The maximum atomic E-state index is 11.8. The fourth-order valence-electron chi connectivity index (χ4n) is 1.80. The number of rotatable bonds is 4. The average Bonchev–Trinajstić information content (AvgIpc) is 2.44. The lowest BCUT2D eigenvalue weighted by Crippen LogP contribution is -2.09. The van der Waals surface area contributed by atoms with Crippen LogP contribution in [0.15, 0.2) is 36.4 Å². The molecule has 0 fully saturated rings. The molecule has 21 heavy (non-hydrogen) atoms. The normalized spacial score (nSPS) is 10.2. The van der Waals surface area contributed by atoms with Crippen molar-refractivity contribution in [2.75, 3.05) is 17.7 Å². The van der Waals surface area contributed by atoms with E-state index in [0.717, 1.165) is 9.26 Å². The summed E-state index contributed by atoms with van der Waals surface area (Å²) in [4.78, 5) is 11.8. The molecule has 0 aliphatic heterocycles. The van der Waals surface area contributed by atoms with Crippen molar-refractivity contribution >= 4 is 57.2 Å². The first-order chi connectivity index (χ1) is 10.0. The number of nitrogens with one attached hydrogen (secondary N) is 1. The number of ether oxygens (including phenoxy) is 1. The van der Waals surface area contributed by atoms with Gasteiger partial charge in [0.15, 0.2) is 0 Å². The van der Waals surface area contributed by atoms with Gasteiger partial charge in [-0.3, -0.25) is 0 Å². The molecular weight excluding hydrogens is 403 g/mol. The maximum Gasteiger partial charge on any atom is 0.340 e. The summed E-state index contributed by atoms with van der Waals surface area (Å²) in [7, 11) is 0. The van der Waals surface area contributed by atoms with Crippen molar-refractivity contribution in [1.82, 2.24) is 0 Å². The lowest BCUT2D eigenvalue weighted by molar-refractivity contribution is 0.0527. The van der Waals surface area contributed by atoms with Crippen molar-refractivity contribution in [2.24, 2.45) is 0 Å². The summed E-state index contributed by atoms with van der Waals surface area (Å²) in [6.07, 6.45) is 0. The van der Waals surface area contributed by atoms with Crippen LogP contribution in [0.5, 0.6) is 0 Å². The fourth-order valence-corrected chi connectivity index (χ4v) is 2.80. The zero-order valence-corrected chi connectivity index (χ0v) is 14.2. The molecule has 0 heterocycles. The second-order valence-corrected chi connectivity index (χ2v) is 5.84. The highest BCUT2D eigenvalue weighted by atomic mass is 127. The van der Waals surface area contributed by atoms with Crippen LogP contribution in [0.3, 0.4) is 0 Å². The molecule has 0 saturated heterocycles. The minimum Gasteiger partial charge on any atom is -0.462 e. The molecule has 4 nitrogen and oxygen atoms in total. The van der Waals surface area contributed by atoms with Crippen molar-refractivity contribution < 1.29 is 9.53 Å². The van der Waals surface area contributed by atoms with E-state index < -0.39 is 5.97 Å². The van der Waals surface area contributed by atoms with Gasteiger partial charge in [-0.05, 0) is 59.8 Å². The third-order valence-electron chi connectivity index (χ3n) is 2.80. The number of carbonyl (C=O) groups excluding carboxylic acids is 1. The molecule has 0 bridgehead atoms. The minimum absolute atomic E-state index is 0.311. The van der Waals surface area contributed by atoms with Gasteiger partial charge in [0.2, 0.25) is 0 Å². The smallest absolute Gasteiger partial charge is 0.340 e. The molecule has 2 aromatic carbocycles. The summed E-state index contributed by atoms with van der Waals surface area (Å²) in [5.41, 5.74) is 8.29. The highest BCUT2D eigenvalue weighted by Crippen LogP contribution is 2.30. The molecule has 2 rings (SSSR count). The zero-order valence-electron chi connectivity index (χ0n) is 11.3. The van der Waals surface area contributed by atoms with E-state index in [9.17, 15) is 4.79 Å². The molecule has 0 atom stereocenters. The van der Waals surface area contributed by atoms with Gasteiger partial charge >= 0.3 is 5.97 Å². The SMILES string of the molecule is CCOC(=O)c1cccc(Nc2ccc(Cl)cc2I)c1N. The molecule has 0 amide bonds. The summed E-state index contributed by atoms with van der Waals surface area (Å²) in [6, 6.07) is 10.7. The Labute approximate surface area is 141 Å². The molecular formula is C15H14ClIN2O2. The summed E-state index contributed by atoms with van der Waals surface area (Å²) >= 11 is 8.11. The van der Waals surface area contributed by atoms with Crippen molar-refractivity contribution in [2.45, 2.75) is 6.92 Å². The van der Waals surface area contributed by atoms with Crippen LogP contribution in [0.1, 0.15) is 17.3 Å². The van der Waals surface area contributed by atoms with E-state index >= 15 is 0 Å². The third kappa shape index (κ3) is 3.79.